The molecule has 0 amide bonds. The maximum atomic E-state index is 11.9. The van der Waals surface area contributed by atoms with Crippen LogP contribution < -0.4 is 14.2 Å². The summed E-state index contributed by atoms with van der Waals surface area (Å²) in [5.41, 5.74) is 1.59. The van der Waals surface area contributed by atoms with E-state index in [1.807, 2.05) is 6.92 Å². The van der Waals surface area contributed by atoms with Crippen molar-refractivity contribution in [3.05, 3.63) is 51.5 Å². The number of aryl methyl sites for hydroxylation is 1. The van der Waals surface area contributed by atoms with Crippen LogP contribution in [0.3, 0.4) is 0 Å². The quantitative estimate of drug-likeness (QED) is 0.725. The SMILES string of the molecule is Cc1cc(OCC(=O)OCc2cc(Cl)c3c(c2)OCCO3)ccc1Cl. The summed E-state index contributed by atoms with van der Waals surface area (Å²) >= 11 is 12.1. The molecule has 0 fully saturated rings. The molecule has 0 radical (unpaired) electrons. The second-order valence-electron chi connectivity index (χ2n) is 5.46. The standard InChI is InChI=1S/C18H16Cl2O5/c1-11-6-13(2-3-14(11)19)24-10-17(21)25-9-12-7-15(20)18-16(8-12)22-4-5-23-18/h2-3,6-8H,4-5,9-10H2,1H3. The Hall–Kier alpha value is -2.11. The number of esters is 1. The highest BCUT2D eigenvalue weighted by Crippen LogP contribution is 2.38. The van der Waals surface area contributed by atoms with Gasteiger partial charge >= 0.3 is 5.97 Å². The summed E-state index contributed by atoms with van der Waals surface area (Å²) in [4.78, 5) is 11.9. The molecule has 0 unspecified atom stereocenters. The van der Waals surface area contributed by atoms with Gasteiger partial charge in [0.2, 0.25) is 0 Å². The zero-order valence-corrected chi connectivity index (χ0v) is 15.0. The second kappa shape index (κ2) is 7.85. The van der Waals surface area contributed by atoms with Gasteiger partial charge in [-0.15, -0.1) is 0 Å². The van der Waals surface area contributed by atoms with Crippen molar-refractivity contribution >= 4 is 29.2 Å². The lowest BCUT2D eigenvalue weighted by Gasteiger charge is -2.20. The zero-order valence-electron chi connectivity index (χ0n) is 13.5. The number of ether oxygens (including phenoxy) is 4. The number of carbonyl (C=O) groups is 1. The van der Waals surface area contributed by atoms with E-state index in [1.54, 1.807) is 30.3 Å². The average Bonchev–Trinajstić information content (AvgIpc) is 2.61. The average molecular weight is 383 g/mol. The Morgan fingerprint density at radius 1 is 1.12 bits per heavy atom. The first-order chi connectivity index (χ1) is 12.0. The first-order valence-corrected chi connectivity index (χ1v) is 8.41. The van der Waals surface area contributed by atoms with E-state index in [0.29, 0.717) is 46.1 Å². The molecule has 0 aliphatic carbocycles. The zero-order chi connectivity index (χ0) is 17.8. The number of halogens is 2. The topological polar surface area (TPSA) is 54.0 Å². The summed E-state index contributed by atoms with van der Waals surface area (Å²) in [7, 11) is 0. The summed E-state index contributed by atoms with van der Waals surface area (Å²) in [6.07, 6.45) is 0. The van der Waals surface area contributed by atoms with Crippen molar-refractivity contribution in [3.63, 3.8) is 0 Å². The molecule has 0 N–H and O–H groups in total. The molecule has 25 heavy (non-hydrogen) atoms. The van der Waals surface area contributed by atoms with Crippen molar-refractivity contribution < 1.29 is 23.7 Å². The van der Waals surface area contributed by atoms with Crippen LogP contribution in [0.2, 0.25) is 10.0 Å². The van der Waals surface area contributed by atoms with Crippen molar-refractivity contribution in [1.29, 1.82) is 0 Å². The Morgan fingerprint density at radius 2 is 1.92 bits per heavy atom. The molecule has 132 valence electrons. The summed E-state index contributed by atoms with van der Waals surface area (Å²) in [6.45, 7) is 2.65. The molecule has 0 atom stereocenters. The van der Waals surface area contributed by atoms with Gasteiger partial charge in [-0.1, -0.05) is 23.2 Å². The monoisotopic (exact) mass is 382 g/mol. The molecular weight excluding hydrogens is 367 g/mol. The molecule has 0 saturated carbocycles. The van der Waals surface area contributed by atoms with Gasteiger partial charge in [0, 0.05) is 5.02 Å². The third-order valence-corrected chi connectivity index (χ3v) is 4.25. The van der Waals surface area contributed by atoms with E-state index in [4.69, 9.17) is 42.1 Å². The lowest BCUT2D eigenvalue weighted by atomic mass is 10.2. The summed E-state index contributed by atoms with van der Waals surface area (Å²) in [5.74, 6) is 1.14. The first kappa shape index (κ1) is 17.7. The van der Waals surface area contributed by atoms with E-state index in [9.17, 15) is 4.79 Å². The summed E-state index contributed by atoms with van der Waals surface area (Å²) < 4.78 is 21.5. The highest BCUT2D eigenvalue weighted by atomic mass is 35.5. The van der Waals surface area contributed by atoms with Gasteiger partial charge in [0.05, 0.1) is 5.02 Å². The van der Waals surface area contributed by atoms with Gasteiger partial charge in [0.1, 0.15) is 25.6 Å². The summed E-state index contributed by atoms with van der Waals surface area (Å²) in [6, 6.07) is 8.61. The van der Waals surface area contributed by atoms with Gasteiger partial charge in [-0.25, -0.2) is 4.79 Å². The largest absolute Gasteiger partial charge is 0.486 e. The number of benzene rings is 2. The predicted molar refractivity (Wildman–Crippen MR) is 93.9 cm³/mol. The van der Waals surface area contributed by atoms with E-state index in [2.05, 4.69) is 0 Å². The van der Waals surface area contributed by atoms with Crippen LogP contribution in [0, 0.1) is 6.92 Å². The molecule has 0 saturated heterocycles. The molecule has 2 aromatic rings. The van der Waals surface area contributed by atoms with Crippen molar-refractivity contribution in [3.8, 4) is 17.2 Å². The van der Waals surface area contributed by atoms with Crippen LogP contribution in [-0.2, 0) is 16.1 Å². The Bertz CT molecular complexity index is 791. The van der Waals surface area contributed by atoms with Crippen LogP contribution in [0.4, 0.5) is 0 Å². The van der Waals surface area contributed by atoms with Crippen LogP contribution in [0.5, 0.6) is 17.2 Å². The number of carbonyl (C=O) groups excluding carboxylic acids is 1. The molecular formula is C18H16Cl2O5. The minimum absolute atomic E-state index is 0.0677. The van der Waals surface area contributed by atoms with E-state index in [0.717, 1.165) is 5.56 Å². The molecule has 0 aromatic heterocycles. The highest BCUT2D eigenvalue weighted by molar-refractivity contribution is 6.32. The number of fused-ring (bicyclic) bond motifs is 1. The van der Waals surface area contributed by atoms with Crippen molar-refractivity contribution in [2.24, 2.45) is 0 Å². The van der Waals surface area contributed by atoms with Gasteiger partial charge in [-0.05, 0) is 48.4 Å². The Balaban J connectivity index is 1.53. The van der Waals surface area contributed by atoms with Crippen LogP contribution >= 0.6 is 23.2 Å². The Morgan fingerprint density at radius 3 is 2.72 bits per heavy atom. The van der Waals surface area contributed by atoms with Crippen LogP contribution in [0.25, 0.3) is 0 Å². The fourth-order valence-corrected chi connectivity index (χ4v) is 2.71. The van der Waals surface area contributed by atoms with E-state index in [-0.39, 0.29) is 13.2 Å². The third-order valence-electron chi connectivity index (χ3n) is 3.54. The Kier molecular flexibility index (Phi) is 5.56. The van der Waals surface area contributed by atoms with E-state index < -0.39 is 5.97 Å². The molecule has 1 heterocycles. The first-order valence-electron chi connectivity index (χ1n) is 7.65. The van der Waals surface area contributed by atoms with Gasteiger partial charge in [-0.3, -0.25) is 0 Å². The molecule has 3 rings (SSSR count). The maximum absolute atomic E-state index is 11.9. The maximum Gasteiger partial charge on any atom is 0.344 e. The van der Waals surface area contributed by atoms with Crippen molar-refractivity contribution in [1.82, 2.24) is 0 Å². The van der Waals surface area contributed by atoms with E-state index >= 15 is 0 Å². The molecule has 1 aliphatic rings. The molecule has 7 heteroatoms. The van der Waals surface area contributed by atoms with Gasteiger partial charge in [0.15, 0.2) is 18.1 Å². The molecule has 1 aliphatic heterocycles. The molecule has 2 aromatic carbocycles. The molecule has 5 nitrogen and oxygen atoms in total. The minimum atomic E-state index is -0.487. The minimum Gasteiger partial charge on any atom is -0.486 e. The van der Waals surface area contributed by atoms with Crippen LogP contribution in [-0.4, -0.2) is 25.8 Å². The Labute approximate surface area is 155 Å². The lowest BCUT2D eigenvalue weighted by Crippen LogP contribution is -2.17. The highest BCUT2D eigenvalue weighted by Gasteiger charge is 2.17. The number of hydrogen-bond donors (Lipinski definition) is 0. The fourth-order valence-electron chi connectivity index (χ4n) is 2.30. The van der Waals surface area contributed by atoms with Gasteiger partial charge in [0.25, 0.3) is 0 Å². The van der Waals surface area contributed by atoms with Crippen molar-refractivity contribution in [2.45, 2.75) is 13.5 Å². The van der Waals surface area contributed by atoms with Crippen molar-refractivity contribution in [2.75, 3.05) is 19.8 Å². The molecule has 0 spiro atoms. The molecule has 0 bridgehead atoms. The normalized spacial score (nSPS) is 12.6. The fraction of sp³-hybridized carbons (Fsp3) is 0.278. The van der Waals surface area contributed by atoms with E-state index in [1.165, 1.54) is 0 Å². The van der Waals surface area contributed by atoms with Crippen LogP contribution in [0.1, 0.15) is 11.1 Å². The van der Waals surface area contributed by atoms with Crippen LogP contribution in [0.15, 0.2) is 30.3 Å². The predicted octanol–water partition coefficient (Wildman–Crippen LogP) is 4.20. The van der Waals surface area contributed by atoms with Gasteiger partial charge < -0.3 is 18.9 Å². The summed E-state index contributed by atoms with van der Waals surface area (Å²) in [5, 5.41) is 1.07. The lowest BCUT2D eigenvalue weighted by molar-refractivity contribution is -0.147. The number of rotatable bonds is 5. The number of hydrogen-bond acceptors (Lipinski definition) is 5. The van der Waals surface area contributed by atoms with Gasteiger partial charge in [-0.2, -0.15) is 0 Å². The smallest absolute Gasteiger partial charge is 0.344 e. The third kappa shape index (κ3) is 4.50. The second-order valence-corrected chi connectivity index (χ2v) is 6.28.